The van der Waals surface area contributed by atoms with Crippen molar-refractivity contribution in [3.05, 3.63) is 36.7 Å². The summed E-state index contributed by atoms with van der Waals surface area (Å²) in [5.74, 6) is 4.15. The number of nitrogen functional groups attached to an aromatic ring is 1. The van der Waals surface area contributed by atoms with Gasteiger partial charge in [0, 0.05) is 25.9 Å². The summed E-state index contributed by atoms with van der Waals surface area (Å²) in [6.07, 6.45) is 0. The van der Waals surface area contributed by atoms with E-state index in [1.807, 2.05) is 5.43 Å². The number of aromatic nitrogens is 3. The quantitative estimate of drug-likeness (QED) is 0.362. The summed E-state index contributed by atoms with van der Waals surface area (Å²) >= 11 is 4.30. The Morgan fingerprint density at radius 2 is 2.37 bits per heavy atom. The molecule has 11 heteroatoms. The van der Waals surface area contributed by atoms with Gasteiger partial charge in [-0.25, -0.2) is 5.84 Å². The first kappa shape index (κ1) is 13.6. The number of hydrogen-bond donors (Lipinski definition) is 2. The number of carbonyl (C=O) groups is 1. The van der Waals surface area contributed by atoms with Gasteiger partial charge in [0.25, 0.3) is 10.6 Å². The average molecular weight is 347 g/mol. The van der Waals surface area contributed by atoms with Crippen LogP contribution in [0.5, 0.6) is 0 Å². The Kier molecular flexibility index (Phi) is 3.87. The zero-order valence-corrected chi connectivity index (χ0v) is 11.6. The van der Waals surface area contributed by atoms with Crippen molar-refractivity contribution < 1.29 is 9.72 Å². The molecule has 2 rings (SSSR count). The van der Waals surface area contributed by atoms with Crippen LogP contribution in [0.4, 0.5) is 5.95 Å². The largest absolute Gasteiger partial charge is 0.492 e. The highest BCUT2D eigenvalue weighted by atomic mass is 79.9. The van der Waals surface area contributed by atoms with Gasteiger partial charge in [-0.05, 0) is 22.0 Å². The topological polar surface area (TPSA) is 129 Å². The van der Waals surface area contributed by atoms with Gasteiger partial charge in [-0.2, -0.15) is 4.68 Å². The maximum Gasteiger partial charge on any atom is 0.492 e. The Morgan fingerprint density at radius 3 is 2.95 bits per heavy atom. The second-order valence-corrected chi connectivity index (χ2v) is 5.21. The molecule has 9 nitrogen and oxygen atoms in total. The Morgan fingerprint density at radius 1 is 1.63 bits per heavy atom. The summed E-state index contributed by atoms with van der Waals surface area (Å²) in [7, 11) is 0. The van der Waals surface area contributed by atoms with E-state index in [-0.39, 0.29) is 17.2 Å². The van der Waals surface area contributed by atoms with Crippen molar-refractivity contribution in [3.63, 3.8) is 0 Å². The molecule has 0 saturated heterocycles. The molecule has 0 fully saturated rings. The summed E-state index contributed by atoms with van der Waals surface area (Å²) in [4.78, 5) is 26.0. The molecule has 0 unspecified atom stereocenters. The normalized spacial score (nSPS) is 10.4. The molecule has 1 amide bonds. The van der Waals surface area contributed by atoms with Crippen LogP contribution in [0.3, 0.4) is 0 Å². The third kappa shape index (κ3) is 2.94. The van der Waals surface area contributed by atoms with Crippen LogP contribution in [0, 0.1) is 10.1 Å². The van der Waals surface area contributed by atoms with Gasteiger partial charge in [0.1, 0.15) is 0 Å². The minimum absolute atomic E-state index is 0.248. The van der Waals surface area contributed by atoms with Gasteiger partial charge in [-0.15, -0.1) is 11.3 Å². The molecule has 100 valence electrons. The van der Waals surface area contributed by atoms with E-state index in [1.165, 1.54) is 16.0 Å². The maximum absolute atomic E-state index is 11.3. The number of nitro groups is 1. The fourth-order valence-corrected chi connectivity index (χ4v) is 2.55. The first-order chi connectivity index (χ1) is 9.01. The molecule has 19 heavy (non-hydrogen) atoms. The highest BCUT2D eigenvalue weighted by Crippen LogP contribution is 2.20. The number of thiophene rings is 1. The van der Waals surface area contributed by atoms with E-state index >= 15 is 0 Å². The molecule has 0 saturated carbocycles. The van der Waals surface area contributed by atoms with Crippen LogP contribution in [0.2, 0.25) is 0 Å². The third-order valence-corrected chi connectivity index (χ3v) is 3.76. The van der Waals surface area contributed by atoms with Gasteiger partial charge < -0.3 is 10.1 Å². The smallest absolute Gasteiger partial charge is 0.390 e. The molecular weight excluding hydrogens is 340 g/mol. The number of nitrogens with zero attached hydrogens (tertiary/aromatic N) is 4. The van der Waals surface area contributed by atoms with Gasteiger partial charge >= 0.3 is 5.95 Å². The lowest BCUT2D eigenvalue weighted by Crippen LogP contribution is -2.29. The molecule has 0 aliphatic rings. The molecular formula is C8H7BrN6O3S. The maximum atomic E-state index is 11.3. The molecule has 3 N–H and O–H groups in total. The lowest BCUT2D eigenvalue weighted by molar-refractivity contribution is -0.394. The molecule has 0 atom stereocenters. The Bertz CT molecular complexity index is 638. The summed E-state index contributed by atoms with van der Waals surface area (Å²) < 4.78 is 1.58. The van der Waals surface area contributed by atoms with E-state index in [4.69, 9.17) is 5.84 Å². The fraction of sp³-hybridized carbons (Fsp3) is 0.125. The molecule has 2 aromatic rings. The lowest BCUT2D eigenvalue weighted by Gasteiger charge is -1.94. The number of hydrazine groups is 1. The Hall–Kier alpha value is -1.85. The third-order valence-electron chi connectivity index (χ3n) is 2.10. The van der Waals surface area contributed by atoms with E-state index in [1.54, 1.807) is 12.1 Å². The SMILES string of the molecule is NNC(=O)c1ccc(Cn2nc([N+](=O)[O-])nc2Br)s1. The number of rotatable bonds is 4. The van der Waals surface area contributed by atoms with Crippen LogP contribution in [0.25, 0.3) is 0 Å². The van der Waals surface area contributed by atoms with Crippen molar-refractivity contribution in [2.75, 3.05) is 0 Å². The summed E-state index contributed by atoms with van der Waals surface area (Å²) in [6.45, 7) is 0.268. The number of carbonyl (C=O) groups excluding carboxylic acids is 1. The van der Waals surface area contributed by atoms with Crippen LogP contribution in [0.1, 0.15) is 14.5 Å². The standard InChI is InChI=1S/C8H7BrN6O3S/c9-7-11-8(15(17)18)13-14(7)3-4-1-2-5(19-4)6(16)12-10/h1-2H,3,10H2,(H,12,16). The van der Waals surface area contributed by atoms with Crippen molar-refractivity contribution in [2.45, 2.75) is 6.54 Å². The van der Waals surface area contributed by atoms with Crippen LogP contribution in [0.15, 0.2) is 16.9 Å². The van der Waals surface area contributed by atoms with Gasteiger partial charge in [0.2, 0.25) is 0 Å². The van der Waals surface area contributed by atoms with Crippen LogP contribution in [-0.4, -0.2) is 25.6 Å². The number of hydrogen-bond acceptors (Lipinski definition) is 7. The molecule has 0 aliphatic carbocycles. The van der Waals surface area contributed by atoms with Crippen LogP contribution in [-0.2, 0) is 6.54 Å². The minimum Gasteiger partial charge on any atom is -0.390 e. The number of halogens is 1. The van der Waals surface area contributed by atoms with Crippen LogP contribution < -0.4 is 11.3 Å². The van der Waals surface area contributed by atoms with E-state index in [0.717, 1.165) is 4.88 Å². The summed E-state index contributed by atoms with van der Waals surface area (Å²) in [5.41, 5.74) is 2.03. The summed E-state index contributed by atoms with van der Waals surface area (Å²) in [5, 5.41) is 14.3. The zero-order chi connectivity index (χ0) is 14.0. The molecule has 2 heterocycles. The van der Waals surface area contributed by atoms with Crippen molar-refractivity contribution in [1.29, 1.82) is 0 Å². The Balaban J connectivity index is 2.19. The molecule has 0 aromatic carbocycles. The minimum atomic E-state index is -0.678. The first-order valence-corrected chi connectivity index (χ1v) is 6.46. The molecule has 0 aliphatic heterocycles. The zero-order valence-electron chi connectivity index (χ0n) is 9.24. The second-order valence-electron chi connectivity index (χ2n) is 3.34. The van der Waals surface area contributed by atoms with Gasteiger partial charge in [0.05, 0.1) is 11.4 Å². The molecule has 0 bridgehead atoms. The van der Waals surface area contributed by atoms with E-state index in [9.17, 15) is 14.9 Å². The highest BCUT2D eigenvalue weighted by molar-refractivity contribution is 9.10. The van der Waals surface area contributed by atoms with Crippen LogP contribution >= 0.6 is 27.3 Å². The highest BCUT2D eigenvalue weighted by Gasteiger charge is 2.20. The first-order valence-electron chi connectivity index (χ1n) is 4.85. The second kappa shape index (κ2) is 5.42. The predicted octanol–water partition coefficient (Wildman–Crippen LogP) is 0.662. The fourth-order valence-electron chi connectivity index (χ4n) is 1.29. The molecule has 2 aromatic heterocycles. The summed E-state index contributed by atoms with van der Waals surface area (Å²) in [6, 6.07) is 3.33. The van der Waals surface area contributed by atoms with E-state index in [0.29, 0.717) is 4.88 Å². The number of nitrogens with two attached hydrogens (primary N) is 1. The Labute approximate surface area is 118 Å². The van der Waals surface area contributed by atoms with E-state index in [2.05, 4.69) is 26.0 Å². The van der Waals surface area contributed by atoms with Gasteiger partial charge in [-0.1, -0.05) is 0 Å². The van der Waals surface area contributed by atoms with E-state index < -0.39 is 10.9 Å². The van der Waals surface area contributed by atoms with Gasteiger partial charge in [0.15, 0.2) is 0 Å². The van der Waals surface area contributed by atoms with Gasteiger partial charge in [-0.3, -0.25) is 10.2 Å². The molecule has 0 spiro atoms. The van der Waals surface area contributed by atoms with Crippen molar-refractivity contribution in [3.8, 4) is 0 Å². The predicted molar refractivity (Wildman–Crippen MR) is 69.5 cm³/mol. The van der Waals surface area contributed by atoms with Crippen molar-refractivity contribution in [1.82, 2.24) is 20.2 Å². The number of amides is 1. The van der Waals surface area contributed by atoms with Crippen molar-refractivity contribution >= 4 is 39.1 Å². The van der Waals surface area contributed by atoms with Crippen molar-refractivity contribution in [2.24, 2.45) is 5.84 Å². The average Bonchev–Trinajstić information content (AvgIpc) is 2.97. The monoisotopic (exact) mass is 346 g/mol. The number of nitrogens with one attached hydrogen (secondary N) is 1. The molecule has 0 radical (unpaired) electrons. The lowest BCUT2D eigenvalue weighted by atomic mass is 10.4.